The third kappa shape index (κ3) is 4.29. The molecule has 2 aliphatic rings. The average molecular weight is 402 g/mol. The summed E-state index contributed by atoms with van der Waals surface area (Å²) < 4.78 is 13.8. The van der Waals surface area contributed by atoms with E-state index in [2.05, 4.69) is 17.1 Å². The maximum Gasteiger partial charge on any atom is 0.233 e. The van der Waals surface area contributed by atoms with E-state index in [1.165, 1.54) is 12.8 Å². The molecule has 0 radical (unpaired) electrons. The lowest BCUT2D eigenvalue weighted by molar-refractivity contribution is -0.128. The van der Waals surface area contributed by atoms with Crippen molar-refractivity contribution in [1.29, 1.82) is 0 Å². The highest BCUT2D eigenvalue weighted by Crippen LogP contribution is 2.42. The van der Waals surface area contributed by atoms with Gasteiger partial charge < -0.3 is 18.9 Å². The highest BCUT2D eigenvalue weighted by Gasteiger charge is 2.33. The molecule has 1 amide bonds. The monoisotopic (exact) mass is 401 g/mol. The molecule has 1 atom stereocenters. The van der Waals surface area contributed by atoms with E-state index in [1.54, 1.807) is 25.1 Å². The van der Waals surface area contributed by atoms with Crippen LogP contribution >= 0.6 is 11.8 Å². The van der Waals surface area contributed by atoms with Crippen molar-refractivity contribution in [3.8, 4) is 11.5 Å². The third-order valence-electron chi connectivity index (χ3n) is 5.41. The standard InChI is InChI=1S/C21H27N3O3S/c1-26-18-8-7-16(13-19(18)27-17-5-2-3-6-17)21-24(20(25)14-28-21)11-4-10-23-12-9-22-15-23/h7-9,12-13,15,17,21H,2-6,10-11,14H2,1H3. The Morgan fingerprint density at radius 2 is 2.07 bits per heavy atom. The van der Waals surface area contributed by atoms with Gasteiger partial charge in [-0.2, -0.15) is 0 Å². The van der Waals surface area contributed by atoms with Gasteiger partial charge in [-0.05, 0) is 49.8 Å². The van der Waals surface area contributed by atoms with Crippen LogP contribution in [-0.2, 0) is 11.3 Å². The van der Waals surface area contributed by atoms with Crippen LogP contribution in [0.15, 0.2) is 36.9 Å². The number of amides is 1. The van der Waals surface area contributed by atoms with Crippen LogP contribution in [0.3, 0.4) is 0 Å². The van der Waals surface area contributed by atoms with E-state index >= 15 is 0 Å². The van der Waals surface area contributed by atoms with Crippen molar-refractivity contribution in [3.05, 3.63) is 42.5 Å². The normalized spacial score (nSPS) is 20.1. The first-order valence-corrected chi connectivity index (χ1v) is 11.0. The van der Waals surface area contributed by atoms with Gasteiger partial charge in [0.25, 0.3) is 0 Å². The van der Waals surface area contributed by atoms with Crippen LogP contribution in [-0.4, -0.2) is 45.9 Å². The molecule has 1 unspecified atom stereocenters. The lowest BCUT2D eigenvalue weighted by Gasteiger charge is -2.25. The summed E-state index contributed by atoms with van der Waals surface area (Å²) in [5.74, 6) is 2.29. The first kappa shape index (κ1) is 19.2. The van der Waals surface area contributed by atoms with Crippen LogP contribution in [0.1, 0.15) is 43.0 Å². The minimum Gasteiger partial charge on any atom is -0.493 e. The van der Waals surface area contributed by atoms with Crippen LogP contribution in [0, 0.1) is 0 Å². The summed E-state index contributed by atoms with van der Waals surface area (Å²) in [5, 5.41) is 0.0344. The molecule has 1 aromatic carbocycles. The number of aryl methyl sites for hydroxylation is 1. The predicted molar refractivity (Wildman–Crippen MR) is 110 cm³/mol. The minimum atomic E-state index is 0.0344. The minimum absolute atomic E-state index is 0.0344. The van der Waals surface area contributed by atoms with Crippen LogP contribution in [0.5, 0.6) is 11.5 Å². The summed E-state index contributed by atoms with van der Waals surface area (Å²) in [6.07, 6.45) is 11.4. The number of nitrogens with zero attached hydrogens (tertiary/aromatic N) is 3. The number of ether oxygens (including phenoxy) is 2. The van der Waals surface area contributed by atoms with Gasteiger partial charge in [-0.15, -0.1) is 11.8 Å². The number of hydrogen-bond donors (Lipinski definition) is 0. The summed E-state index contributed by atoms with van der Waals surface area (Å²) in [6, 6.07) is 6.09. The number of aromatic nitrogens is 2. The zero-order valence-corrected chi connectivity index (χ0v) is 17.1. The number of hydrogen-bond acceptors (Lipinski definition) is 5. The van der Waals surface area contributed by atoms with Gasteiger partial charge in [0.15, 0.2) is 11.5 Å². The average Bonchev–Trinajstić information content (AvgIpc) is 3.46. The quantitative estimate of drug-likeness (QED) is 0.672. The van der Waals surface area contributed by atoms with Crippen LogP contribution in [0.4, 0.5) is 0 Å². The maximum atomic E-state index is 12.5. The van der Waals surface area contributed by atoms with Gasteiger partial charge in [0.05, 0.1) is 25.3 Å². The number of carbonyl (C=O) groups excluding carboxylic acids is 1. The van der Waals surface area contributed by atoms with Gasteiger partial charge >= 0.3 is 0 Å². The summed E-state index contributed by atoms with van der Waals surface area (Å²) in [6.45, 7) is 1.60. The summed E-state index contributed by atoms with van der Waals surface area (Å²) in [5.41, 5.74) is 1.10. The SMILES string of the molecule is COc1ccc(C2SCC(=O)N2CCCn2ccnc2)cc1OC1CCCC1. The zero-order chi connectivity index (χ0) is 19.3. The highest BCUT2D eigenvalue weighted by molar-refractivity contribution is 8.00. The Labute approximate surface area is 170 Å². The van der Waals surface area contributed by atoms with Crippen LogP contribution in [0.25, 0.3) is 0 Å². The van der Waals surface area contributed by atoms with Crippen molar-refractivity contribution < 1.29 is 14.3 Å². The van der Waals surface area contributed by atoms with E-state index < -0.39 is 0 Å². The van der Waals surface area contributed by atoms with Gasteiger partial charge in [0, 0.05) is 25.5 Å². The summed E-state index contributed by atoms with van der Waals surface area (Å²) >= 11 is 1.69. The molecule has 0 spiro atoms. The molecule has 6 nitrogen and oxygen atoms in total. The highest BCUT2D eigenvalue weighted by atomic mass is 32.2. The van der Waals surface area contributed by atoms with Crippen LogP contribution in [0.2, 0.25) is 0 Å². The molecular weight excluding hydrogens is 374 g/mol. The lowest BCUT2D eigenvalue weighted by atomic mass is 10.1. The van der Waals surface area contributed by atoms with E-state index in [-0.39, 0.29) is 17.4 Å². The number of methoxy groups -OCH3 is 1. The molecular formula is C21H27N3O3S. The van der Waals surface area contributed by atoms with E-state index in [0.29, 0.717) is 5.75 Å². The van der Waals surface area contributed by atoms with Gasteiger partial charge in [0.2, 0.25) is 5.91 Å². The molecule has 4 rings (SSSR count). The molecule has 0 bridgehead atoms. The maximum absolute atomic E-state index is 12.5. The second-order valence-corrected chi connectivity index (χ2v) is 8.41. The Bertz CT molecular complexity index is 790. The Morgan fingerprint density at radius 1 is 1.21 bits per heavy atom. The topological polar surface area (TPSA) is 56.6 Å². The molecule has 0 N–H and O–H groups in total. The fourth-order valence-corrected chi connectivity index (χ4v) is 5.15. The predicted octanol–water partition coefficient (Wildman–Crippen LogP) is 3.88. The third-order valence-corrected chi connectivity index (χ3v) is 6.67. The van der Waals surface area contributed by atoms with E-state index in [0.717, 1.165) is 49.4 Å². The zero-order valence-electron chi connectivity index (χ0n) is 16.3. The molecule has 1 aliphatic heterocycles. The fraction of sp³-hybridized carbons (Fsp3) is 0.524. The molecule has 2 heterocycles. The molecule has 2 fully saturated rings. The lowest BCUT2D eigenvalue weighted by Crippen LogP contribution is -2.29. The first-order valence-electron chi connectivity index (χ1n) is 9.96. The molecule has 28 heavy (non-hydrogen) atoms. The Kier molecular flexibility index (Phi) is 6.10. The fourth-order valence-electron chi connectivity index (χ4n) is 3.94. The number of thioether (sulfide) groups is 1. The Balaban J connectivity index is 1.46. The number of benzene rings is 1. The van der Waals surface area contributed by atoms with Gasteiger partial charge in [0.1, 0.15) is 5.37 Å². The number of rotatable bonds is 8. The van der Waals surface area contributed by atoms with E-state index in [1.807, 2.05) is 28.1 Å². The number of carbonyl (C=O) groups is 1. The molecule has 1 aromatic heterocycles. The van der Waals surface area contributed by atoms with Crippen molar-refractivity contribution in [3.63, 3.8) is 0 Å². The van der Waals surface area contributed by atoms with Gasteiger partial charge in [-0.3, -0.25) is 4.79 Å². The molecule has 2 aromatic rings. The number of imidazole rings is 1. The molecule has 1 saturated carbocycles. The van der Waals surface area contributed by atoms with Crippen molar-refractivity contribution in [2.75, 3.05) is 19.4 Å². The van der Waals surface area contributed by atoms with Gasteiger partial charge in [-0.25, -0.2) is 4.98 Å². The summed E-state index contributed by atoms with van der Waals surface area (Å²) in [7, 11) is 1.67. The van der Waals surface area contributed by atoms with E-state index in [4.69, 9.17) is 9.47 Å². The van der Waals surface area contributed by atoms with Crippen molar-refractivity contribution in [2.45, 2.75) is 50.1 Å². The molecule has 7 heteroatoms. The van der Waals surface area contributed by atoms with Crippen molar-refractivity contribution in [1.82, 2.24) is 14.5 Å². The second kappa shape index (κ2) is 8.90. The van der Waals surface area contributed by atoms with Crippen molar-refractivity contribution >= 4 is 17.7 Å². The Hall–Kier alpha value is -2.15. The van der Waals surface area contributed by atoms with Crippen LogP contribution < -0.4 is 9.47 Å². The largest absolute Gasteiger partial charge is 0.493 e. The Morgan fingerprint density at radius 3 is 2.82 bits per heavy atom. The van der Waals surface area contributed by atoms with E-state index in [9.17, 15) is 4.79 Å². The van der Waals surface area contributed by atoms with Crippen molar-refractivity contribution in [2.24, 2.45) is 0 Å². The van der Waals surface area contributed by atoms with Gasteiger partial charge in [-0.1, -0.05) is 6.07 Å². The smallest absolute Gasteiger partial charge is 0.233 e. The molecule has 150 valence electrons. The second-order valence-electron chi connectivity index (χ2n) is 7.34. The molecule has 1 aliphatic carbocycles. The first-order chi connectivity index (χ1) is 13.7. The summed E-state index contributed by atoms with van der Waals surface area (Å²) in [4.78, 5) is 18.5. The molecule has 1 saturated heterocycles.